The van der Waals surface area contributed by atoms with Crippen LogP contribution in [0.5, 0.6) is 17.8 Å². The van der Waals surface area contributed by atoms with Crippen LogP contribution in [0.1, 0.15) is 10.6 Å². The molecule has 2 aromatic rings. The van der Waals surface area contributed by atoms with E-state index in [9.17, 15) is 4.79 Å². The first kappa shape index (κ1) is 13.7. The van der Waals surface area contributed by atoms with E-state index in [0.29, 0.717) is 11.1 Å². The quantitative estimate of drug-likeness (QED) is 0.864. The molecular formula is C12H13N3O5. The van der Waals surface area contributed by atoms with Crippen LogP contribution in [-0.2, 0) is 0 Å². The van der Waals surface area contributed by atoms with E-state index in [2.05, 4.69) is 9.97 Å². The molecule has 8 heteroatoms. The van der Waals surface area contributed by atoms with Gasteiger partial charge in [-0.05, 0) is 6.07 Å². The van der Waals surface area contributed by atoms with Crippen molar-refractivity contribution in [2.24, 2.45) is 5.73 Å². The summed E-state index contributed by atoms with van der Waals surface area (Å²) in [7, 11) is 4.27. The first-order valence-electron chi connectivity index (χ1n) is 5.54. The molecule has 0 saturated carbocycles. The molecule has 0 saturated heterocycles. The summed E-state index contributed by atoms with van der Waals surface area (Å²) in [5, 5.41) is 0. The van der Waals surface area contributed by atoms with E-state index >= 15 is 0 Å². The van der Waals surface area contributed by atoms with Gasteiger partial charge in [-0.2, -0.15) is 9.97 Å². The number of primary amides is 1. The summed E-state index contributed by atoms with van der Waals surface area (Å²) >= 11 is 0. The average molecular weight is 279 g/mol. The number of carbonyl (C=O) groups excluding carboxylic acids is 1. The van der Waals surface area contributed by atoms with E-state index < -0.39 is 5.91 Å². The number of methoxy groups -OCH3 is 3. The lowest BCUT2D eigenvalue weighted by molar-refractivity contribution is 0.0975. The zero-order valence-corrected chi connectivity index (χ0v) is 11.2. The van der Waals surface area contributed by atoms with Gasteiger partial charge in [-0.15, -0.1) is 0 Å². The summed E-state index contributed by atoms with van der Waals surface area (Å²) in [5.74, 6) is -0.393. The van der Waals surface area contributed by atoms with Crippen LogP contribution in [0.25, 0.3) is 11.1 Å². The van der Waals surface area contributed by atoms with Crippen molar-refractivity contribution in [3.05, 3.63) is 18.1 Å². The molecule has 0 aliphatic carbocycles. The van der Waals surface area contributed by atoms with Crippen molar-refractivity contribution in [2.45, 2.75) is 0 Å². The van der Waals surface area contributed by atoms with Gasteiger partial charge in [0.05, 0.1) is 27.6 Å². The van der Waals surface area contributed by atoms with Gasteiger partial charge in [0.15, 0.2) is 5.76 Å². The number of carbonyl (C=O) groups is 1. The molecule has 0 unspecified atom stereocenters. The van der Waals surface area contributed by atoms with Crippen LogP contribution in [0.3, 0.4) is 0 Å². The predicted molar refractivity (Wildman–Crippen MR) is 67.9 cm³/mol. The van der Waals surface area contributed by atoms with Gasteiger partial charge in [-0.1, -0.05) is 0 Å². The second kappa shape index (κ2) is 5.47. The molecule has 2 aromatic heterocycles. The van der Waals surface area contributed by atoms with E-state index in [-0.39, 0.29) is 23.5 Å². The molecule has 0 radical (unpaired) electrons. The number of furan rings is 1. The van der Waals surface area contributed by atoms with Gasteiger partial charge in [0.25, 0.3) is 5.91 Å². The maximum atomic E-state index is 11.4. The minimum Gasteiger partial charge on any atom is -0.480 e. The lowest BCUT2D eigenvalue weighted by Gasteiger charge is -2.12. The third-order valence-electron chi connectivity index (χ3n) is 2.55. The molecule has 0 bridgehead atoms. The number of amides is 1. The van der Waals surface area contributed by atoms with Gasteiger partial charge < -0.3 is 24.4 Å². The van der Waals surface area contributed by atoms with Crippen molar-refractivity contribution in [1.29, 1.82) is 0 Å². The Hall–Kier alpha value is -2.77. The number of aromatic nitrogens is 2. The lowest BCUT2D eigenvalue weighted by atomic mass is 10.1. The van der Waals surface area contributed by atoms with Crippen LogP contribution in [-0.4, -0.2) is 37.2 Å². The normalized spacial score (nSPS) is 10.2. The van der Waals surface area contributed by atoms with E-state index in [4.69, 9.17) is 24.4 Å². The molecule has 0 aromatic carbocycles. The number of hydrogen-bond acceptors (Lipinski definition) is 7. The standard InChI is InChI=1S/C12H13N3O5/c1-17-10-7(6-4-5-20-8(6)9(13)16)11(18-2)15-12(14-10)19-3/h4-5H,1-3H3,(H2,13,16). The van der Waals surface area contributed by atoms with Crippen LogP contribution >= 0.6 is 0 Å². The zero-order chi connectivity index (χ0) is 14.7. The fourth-order valence-corrected chi connectivity index (χ4v) is 1.72. The summed E-state index contributed by atoms with van der Waals surface area (Å²) < 4.78 is 20.4. The largest absolute Gasteiger partial charge is 0.480 e. The van der Waals surface area contributed by atoms with E-state index in [1.54, 1.807) is 6.07 Å². The van der Waals surface area contributed by atoms with Gasteiger partial charge in [0.1, 0.15) is 5.56 Å². The maximum Gasteiger partial charge on any atom is 0.322 e. The molecule has 0 spiro atoms. The summed E-state index contributed by atoms with van der Waals surface area (Å²) in [5.41, 5.74) is 6.00. The lowest BCUT2D eigenvalue weighted by Crippen LogP contribution is -2.11. The molecule has 1 amide bonds. The minimum absolute atomic E-state index is 0.0321. The second-order valence-electron chi connectivity index (χ2n) is 3.63. The molecule has 0 aliphatic rings. The van der Waals surface area contributed by atoms with Gasteiger partial charge in [0, 0.05) is 5.56 Å². The van der Waals surface area contributed by atoms with Crippen LogP contribution in [0.15, 0.2) is 16.7 Å². The molecule has 2 heterocycles. The Kier molecular flexibility index (Phi) is 3.74. The second-order valence-corrected chi connectivity index (χ2v) is 3.63. The van der Waals surface area contributed by atoms with Gasteiger partial charge >= 0.3 is 6.01 Å². The first-order valence-corrected chi connectivity index (χ1v) is 5.54. The number of hydrogen-bond donors (Lipinski definition) is 1. The molecule has 0 aliphatic heterocycles. The van der Waals surface area contributed by atoms with E-state index in [1.807, 2.05) is 0 Å². The Morgan fingerprint density at radius 3 is 2.20 bits per heavy atom. The fraction of sp³-hybridized carbons (Fsp3) is 0.250. The topological polar surface area (TPSA) is 110 Å². The van der Waals surface area contributed by atoms with Crippen molar-refractivity contribution in [3.63, 3.8) is 0 Å². The van der Waals surface area contributed by atoms with Gasteiger partial charge in [-0.25, -0.2) is 0 Å². The molecule has 0 fully saturated rings. The zero-order valence-electron chi connectivity index (χ0n) is 11.2. The summed E-state index contributed by atoms with van der Waals surface area (Å²) in [6.07, 6.45) is 1.33. The minimum atomic E-state index is -0.718. The van der Waals surface area contributed by atoms with Crippen molar-refractivity contribution in [1.82, 2.24) is 9.97 Å². The number of nitrogens with two attached hydrogens (primary N) is 1. The molecule has 106 valence electrons. The summed E-state index contributed by atoms with van der Waals surface area (Å²) in [4.78, 5) is 19.5. The Labute approximate surface area is 114 Å². The molecular weight excluding hydrogens is 266 g/mol. The highest BCUT2D eigenvalue weighted by Gasteiger charge is 2.24. The third-order valence-corrected chi connectivity index (χ3v) is 2.55. The highest BCUT2D eigenvalue weighted by Crippen LogP contribution is 2.39. The maximum absolute atomic E-state index is 11.4. The number of rotatable bonds is 5. The van der Waals surface area contributed by atoms with Crippen LogP contribution < -0.4 is 19.9 Å². The molecule has 8 nitrogen and oxygen atoms in total. The highest BCUT2D eigenvalue weighted by molar-refractivity contribution is 5.98. The van der Waals surface area contributed by atoms with E-state index in [0.717, 1.165) is 0 Å². The van der Waals surface area contributed by atoms with Crippen molar-refractivity contribution in [3.8, 4) is 28.9 Å². The van der Waals surface area contributed by atoms with Gasteiger partial charge in [-0.3, -0.25) is 4.79 Å². The number of ether oxygens (including phenoxy) is 3. The Balaban J connectivity index is 2.71. The van der Waals surface area contributed by atoms with E-state index in [1.165, 1.54) is 27.6 Å². The van der Waals surface area contributed by atoms with Gasteiger partial charge in [0.2, 0.25) is 11.8 Å². The fourth-order valence-electron chi connectivity index (χ4n) is 1.72. The predicted octanol–water partition coefficient (Wildman–Crippen LogP) is 0.861. The molecule has 2 N–H and O–H groups in total. The Morgan fingerprint density at radius 1 is 1.15 bits per heavy atom. The van der Waals surface area contributed by atoms with Crippen LogP contribution in [0, 0.1) is 0 Å². The molecule has 2 rings (SSSR count). The SMILES string of the molecule is COc1nc(OC)c(-c2ccoc2C(N)=O)c(OC)n1. The molecule has 20 heavy (non-hydrogen) atoms. The Bertz CT molecular complexity index is 613. The third kappa shape index (κ3) is 2.22. The highest BCUT2D eigenvalue weighted by atomic mass is 16.5. The molecule has 0 atom stereocenters. The number of nitrogens with zero attached hydrogens (tertiary/aromatic N) is 2. The monoisotopic (exact) mass is 279 g/mol. The van der Waals surface area contributed by atoms with Crippen LogP contribution in [0.4, 0.5) is 0 Å². The van der Waals surface area contributed by atoms with Crippen molar-refractivity contribution in [2.75, 3.05) is 21.3 Å². The Morgan fingerprint density at radius 2 is 1.75 bits per heavy atom. The summed E-state index contributed by atoms with van der Waals surface area (Å²) in [6, 6.07) is 1.63. The summed E-state index contributed by atoms with van der Waals surface area (Å²) in [6.45, 7) is 0. The average Bonchev–Trinajstić information content (AvgIpc) is 2.94. The van der Waals surface area contributed by atoms with Crippen LogP contribution in [0.2, 0.25) is 0 Å². The smallest absolute Gasteiger partial charge is 0.322 e. The van der Waals surface area contributed by atoms with Crippen molar-refractivity contribution >= 4 is 5.91 Å². The van der Waals surface area contributed by atoms with Crippen molar-refractivity contribution < 1.29 is 23.4 Å². The first-order chi connectivity index (χ1) is 9.62.